The number of amides is 1. The summed E-state index contributed by atoms with van der Waals surface area (Å²) in [5.41, 5.74) is -1.03. The third-order valence-electron chi connectivity index (χ3n) is 3.66. The minimum Gasteiger partial charge on any atom is -0.352 e. The number of carbonyl (C=O) groups is 1. The van der Waals surface area contributed by atoms with Gasteiger partial charge in [-0.3, -0.25) is 4.79 Å². The van der Waals surface area contributed by atoms with Crippen LogP contribution in [0.5, 0.6) is 0 Å². The van der Waals surface area contributed by atoms with Gasteiger partial charge in [-0.25, -0.2) is 4.39 Å². The van der Waals surface area contributed by atoms with Gasteiger partial charge in [-0.05, 0) is 24.0 Å². The maximum absolute atomic E-state index is 13.5. The molecular weight excluding hydrogens is 274 g/mol. The second-order valence-electron chi connectivity index (χ2n) is 5.77. The Morgan fingerprint density at radius 3 is 2.45 bits per heavy atom. The Bertz CT molecular complexity index is 536. The summed E-state index contributed by atoms with van der Waals surface area (Å²) in [6.07, 6.45) is -3.80. The van der Waals surface area contributed by atoms with Gasteiger partial charge in [0.1, 0.15) is 5.82 Å². The summed E-state index contributed by atoms with van der Waals surface area (Å²) in [6, 6.07) is 2.31. The van der Waals surface area contributed by atoms with Crippen LogP contribution < -0.4 is 5.32 Å². The maximum atomic E-state index is 13.5. The van der Waals surface area contributed by atoms with Crippen molar-refractivity contribution < 1.29 is 22.4 Å². The average Bonchev–Trinajstić information content (AvgIpc) is 2.95. The first-order valence-electron chi connectivity index (χ1n) is 6.24. The van der Waals surface area contributed by atoms with Crippen LogP contribution in [-0.2, 0) is 17.5 Å². The molecule has 0 radical (unpaired) electrons. The second-order valence-corrected chi connectivity index (χ2v) is 5.77. The largest absolute Gasteiger partial charge is 0.416 e. The van der Waals surface area contributed by atoms with Gasteiger partial charge in [-0.1, -0.05) is 19.9 Å². The van der Waals surface area contributed by atoms with Crippen LogP contribution in [0, 0.1) is 17.2 Å². The van der Waals surface area contributed by atoms with Crippen LogP contribution >= 0.6 is 0 Å². The number of hydrogen-bond acceptors (Lipinski definition) is 1. The van der Waals surface area contributed by atoms with Crippen LogP contribution in [0.3, 0.4) is 0 Å². The van der Waals surface area contributed by atoms with Crippen molar-refractivity contribution in [3.63, 3.8) is 0 Å². The Balaban J connectivity index is 1.99. The molecule has 2 nitrogen and oxygen atoms in total. The highest BCUT2D eigenvalue weighted by Crippen LogP contribution is 2.51. The fourth-order valence-electron chi connectivity index (χ4n) is 2.09. The maximum Gasteiger partial charge on any atom is 0.416 e. The number of nitrogens with one attached hydrogen (secondary N) is 1. The lowest BCUT2D eigenvalue weighted by Gasteiger charge is -2.10. The Kier molecular flexibility index (Phi) is 3.52. The minimum absolute atomic E-state index is 0.0389. The lowest BCUT2D eigenvalue weighted by Crippen LogP contribution is -2.26. The Morgan fingerprint density at radius 1 is 1.40 bits per heavy atom. The molecule has 1 aromatic rings. The molecule has 1 aromatic carbocycles. The molecule has 1 aliphatic carbocycles. The first-order chi connectivity index (χ1) is 9.11. The number of halogens is 4. The van der Waals surface area contributed by atoms with Crippen molar-refractivity contribution in [3.05, 3.63) is 35.1 Å². The standard InChI is InChI=1S/C14H15F4NO/c1-13(2)6-10(13)12(20)19-7-8-3-4-9(5-11(8)15)14(16,17)18/h3-5,10H,6-7H2,1-2H3,(H,19,20)/t10-/m1/s1. The molecule has 1 saturated carbocycles. The van der Waals surface area contributed by atoms with Crippen molar-refractivity contribution >= 4 is 5.91 Å². The van der Waals surface area contributed by atoms with E-state index in [1.165, 1.54) is 0 Å². The summed E-state index contributed by atoms with van der Waals surface area (Å²) in [7, 11) is 0. The molecule has 0 unspecified atom stereocenters. The van der Waals surface area contributed by atoms with E-state index >= 15 is 0 Å². The molecule has 1 N–H and O–H groups in total. The fourth-order valence-corrected chi connectivity index (χ4v) is 2.09. The minimum atomic E-state index is -4.57. The normalized spacial score (nSPS) is 20.6. The van der Waals surface area contributed by atoms with E-state index in [-0.39, 0.29) is 29.3 Å². The number of hydrogen-bond donors (Lipinski definition) is 1. The van der Waals surface area contributed by atoms with Crippen molar-refractivity contribution in [1.29, 1.82) is 0 Å². The second kappa shape index (κ2) is 4.75. The molecule has 0 heterocycles. The van der Waals surface area contributed by atoms with Crippen LogP contribution in [0.1, 0.15) is 31.4 Å². The summed E-state index contributed by atoms with van der Waals surface area (Å²) >= 11 is 0. The van der Waals surface area contributed by atoms with E-state index in [0.717, 1.165) is 18.6 Å². The van der Waals surface area contributed by atoms with Crippen molar-refractivity contribution in [1.82, 2.24) is 5.32 Å². The summed E-state index contributed by atoms with van der Waals surface area (Å²) in [5.74, 6) is -1.25. The highest BCUT2D eigenvalue weighted by Gasteiger charge is 2.50. The van der Waals surface area contributed by atoms with E-state index in [0.29, 0.717) is 6.07 Å². The predicted molar refractivity (Wildman–Crippen MR) is 65.1 cm³/mol. The number of benzene rings is 1. The van der Waals surface area contributed by atoms with Gasteiger partial charge in [0.25, 0.3) is 0 Å². The smallest absolute Gasteiger partial charge is 0.352 e. The predicted octanol–water partition coefficient (Wildman–Crippen LogP) is 3.51. The Morgan fingerprint density at radius 2 is 2.00 bits per heavy atom. The van der Waals surface area contributed by atoms with E-state index < -0.39 is 17.6 Å². The van der Waals surface area contributed by atoms with E-state index in [9.17, 15) is 22.4 Å². The molecule has 0 aliphatic heterocycles. The molecule has 0 spiro atoms. The molecule has 0 saturated heterocycles. The van der Waals surface area contributed by atoms with E-state index in [1.807, 2.05) is 13.8 Å². The number of alkyl halides is 3. The summed E-state index contributed by atoms with van der Waals surface area (Å²) < 4.78 is 50.7. The molecule has 2 rings (SSSR count). The molecule has 1 amide bonds. The SMILES string of the molecule is CC1(C)C[C@@H]1C(=O)NCc1ccc(C(F)(F)F)cc1F. The summed E-state index contributed by atoms with van der Waals surface area (Å²) in [4.78, 5) is 11.7. The van der Waals surface area contributed by atoms with Gasteiger partial charge in [0.2, 0.25) is 5.91 Å². The quantitative estimate of drug-likeness (QED) is 0.848. The van der Waals surface area contributed by atoms with Crippen molar-refractivity contribution in [2.75, 3.05) is 0 Å². The molecule has 6 heteroatoms. The van der Waals surface area contributed by atoms with Gasteiger partial charge in [-0.2, -0.15) is 13.2 Å². The first kappa shape index (κ1) is 14.8. The molecule has 0 aromatic heterocycles. The van der Waals surface area contributed by atoms with Gasteiger partial charge < -0.3 is 5.32 Å². The summed E-state index contributed by atoms with van der Waals surface area (Å²) in [5, 5.41) is 2.56. The number of rotatable bonds is 3. The monoisotopic (exact) mass is 289 g/mol. The third kappa shape index (κ3) is 3.11. The van der Waals surface area contributed by atoms with E-state index in [4.69, 9.17) is 0 Å². The molecular formula is C14H15F4NO. The van der Waals surface area contributed by atoms with E-state index in [2.05, 4.69) is 5.32 Å². The van der Waals surface area contributed by atoms with Gasteiger partial charge in [-0.15, -0.1) is 0 Å². The van der Waals surface area contributed by atoms with Crippen molar-refractivity contribution in [3.8, 4) is 0 Å². The molecule has 1 aliphatic rings. The van der Waals surface area contributed by atoms with Crippen molar-refractivity contribution in [2.45, 2.75) is 33.0 Å². The molecule has 110 valence electrons. The number of carbonyl (C=O) groups excluding carboxylic acids is 1. The van der Waals surface area contributed by atoms with Crippen LogP contribution in [0.2, 0.25) is 0 Å². The molecule has 20 heavy (non-hydrogen) atoms. The molecule has 1 atom stereocenters. The Hall–Kier alpha value is -1.59. The topological polar surface area (TPSA) is 29.1 Å². The van der Waals surface area contributed by atoms with Gasteiger partial charge in [0, 0.05) is 18.0 Å². The molecule has 1 fully saturated rings. The van der Waals surface area contributed by atoms with E-state index in [1.54, 1.807) is 0 Å². The van der Waals surface area contributed by atoms with Gasteiger partial charge >= 0.3 is 6.18 Å². The Labute approximate surface area is 114 Å². The van der Waals surface area contributed by atoms with Crippen LogP contribution in [0.15, 0.2) is 18.2 Å². The van der Waals surface area contributed by atoms with Crippen LogP contribution in [-0.4, -0.2) is 5.91 Å². The lowest BCUT2D eigenvalue weighted by atomic mass is 10.1. The zero-order chi connectivity index (χ0) is 15.1. The van der Waals surface area contributed by atoms with Crippen LogP contribution in [0.4, 0.5) is 17.6 Å². The zero-order valence-corrected chi connectivity index (χ0v) is 11.1. The van der Waals surface area contributed by atoms with Gasteiger partial charge in [0.15, 0.2) is 0 Å². The van der Waals surface area contributed by atoms with Crippen molar-refractivity contribution in [2.24, 2.45) is 11.3 Å². The lowest BCUT2D eigenvalue weighted by molar-refractivity contribution is -0.137. The van der Waals surface area contributed by atoms with Crippen LogP contribution in [0.25, 0.3) is 0 Å². The third-order valence-corrected chi connectivity index (χ3v) is 3.66. The highest BCUT2D eigenvalue weighted by atomic mass is 19.4. The fraction of sp³-hybridized carbons (Fsp3) is 0.500. The molecule has 0 bridgehead atoms. The summed E-state index contributed by atoms with van der Waals surface area (Å²) in [6.45, 7) is 3.81. The zero-order valence-electron chi connectivity index (χ0n) is 11.1. The first-order valence-corrected chi connectivity index (χ1v) is 6.24. The highest BCUT2D eigenvalue weighted by molar-refractivity contribution is 5.82. The van der Waals surface area contributed by atoms with Gasteiger partial charge in [0.05, 0.1) is 5.56 Å². The average molecular weight is 289 g/mol.